The summed E-state index contributed by atoms with van der Waals surface area (Å²) in [5.74, 6) is 0.297. The molecule has 1 aromatic heterocycles. The highest BCUT2D eigenvalue weighted by molar-refractivity contribution is 5.93. The van der Waals surface area contributed by atoms with Crippen LogP contribution in [0.4, 0.5) is 4.39 Å². The number of amides is 1. The molecular formula is C15H15FN2O2. The lowest BCUT2D eigenvalue weighted by Gasteiger charge is -2.14. The van der Waals surface area contributed by atoms with Gasteiger partial charge in [-0.05, 0) is 30.9 Å². The zero-order valence-electron chi connectivity index (χ0n) is 11.2. The second kappa shape index (κ2) is 5.07. The molecule has 0 N–H and O–H groups in total. The highest BCUT2D eigenvalue weighted by Gasteiger charge is 2.26. The van der Waals surface area contributed by atoms with Crippen molar-refractivity contribution in [3.63, 3.8) is 0 Å². The summed E-state index contributed by atoms with van der Waals surface area (Å²) in [6.45, 7) is 0.737. The van der Waals surface area contributed by atoms with Gasteiger partial charge in [-0.1, -0.05) is 17.3 Å². The number of carbonyl (C=O) groups is 1. The molecule has 1 amide bonds. The first-order valence-electron chi connectivity index (χ1n) is 6.62. The first kappa shape index (κ1) is 12.8. The van der Waals surface area contributed by atoms with Crippen molar-refractivity contribution in [1.29, 1.82) is 0 Å². The van der Waals surface area contributed by atoms with Crippen LogP contribution in [0, 0.1) is 11.7 Å². The predicted molar refractivity (Wildman–Crippen MR) is 71.6 cm³/mol. The van der Waals surface area contributed by atoms with Crippen LogP contribution in [0.15, 0.2) is 34.9 Å². The van der Waals surface area contributed by atoms with E-state index in [0.717, 1.165) is 6.54 Å². The monoisotopic (exact) mass is 274 g/mol. The second-order valence-corrected chi connectivity index (χ2v) is 5.19. The first-order valence-corrected chi connectivity index (χ1v) is 6.62. The largest absolute Gasteiger partial charge is 0.355 e. The van der Waals surface area contributed by atoms with E-state index in [-0.39, 0.29) is 17.4 Å². The Balaban J connectivity index is 1.79. The lowest BCUT2D eigenvalue weighted by molar-refractivity contribution is 0.0778. The molecule has 4 nitrogen and oxygen atoms in total. The van der Waals surface area contributed by atoms with Gasteiger partial charge in [0.25, 0.3) is 5.91 Å². The maximum Gasteiger partial charge on any atom is 0.275 e. The molecule has 1 aliphatic rings. The summed E-state index contributed by atoms with van der Waals surface area (Å²) in [5.41, 5.74) is 0.523. The van der Waals surface area contributed by atoms with Gasteiger partial charge >= 0.3 is 0 Å². The van der Waals surface area contributed by atoms with E-state index in [1.807, 2.05) is 0 Å². The molecule has 1 fully saturated rings. The molecular weight excluding hydrogens is 259 g/mol. The summed E-state index contributed by atoms with van der Waals surface area (Å²) in [4.78, 5) is 13.8. The Kier molecular flexibility index (Phi) is 3.26. The molecule has 3 rings (SSSR count). The summed E-state index contributed by atoms with van der Waals surface area (Å²) in [6.07, 6.45) is 2.35. The topological polar surface area (TPSA) is 46.3 Å². The molecule has 0 saturated heterocycles. The highest BCUT2D eigenvalue weighted by Crippen LogP contribution is 2.30. The molecule has 0 aliphatic heterocycles. The minimum atomic E-state index is -0.394. The highest BCUT2D eigenvalue weighted by atomic mass is 19.1. The van der Waals surface area contributed by atoms with E-state index in [1.54, 1.807) is 30.1 Å². The van der Waals surface area contributed by atoms with Gasteiger partial charge in [0.15, 0.2) is 11.5 Å². The van der Waals surface area contributed by atoms with Crippen LogP contribution in [0.5, 0.6) is 0 Å². The van der Waals surface area contributed by atoms with E-state index >= 15 is 0 Å². The average Bonchev–Trinajstić information content (AvgIpc) is 3.12. The Morgan fingerprint density at radius 1 is 1.45 bits per heavy atom. The molecule has 5 heteroatoms. The number of carbonyl (C=O) groups excluding carboxylic acids is 1. The van der Waals surface area contributed by atoms with Crippen LogP contribution >= 0.6 is 0 Å². The quantitative estimate of drug-likeness (QED) is 0.861. The summed E-state index contributed by atoms with van der Waals surface area (Å²) < 4.78 is 18.7. The molecule has 0 unspecified atom stereocenters. The van der Waals surface area contributed by atoms with Gasteiger partial charge in [-0.15, -0.1) is 0 Å². The summed E-state index contributed by atoms with van der Waals surface area (Å²) >= 11 is 0. The Labute approximate surface area is 116 Å². The van der Waals surface area contributed by atoms with Crippen LogP contribution in [0.25, 0.3) is 11.3 Å². The summed E-state index contributed by atoms with van der Waals surface area (Å²) in [6, 6.07) is 7.74. The molecule has 1 saturated carbocycles. The van der Waals surface area contributed by atoms with Crippen molar-refractivity contribution in [2.75, 3.05) is 13.6 Å². The van der Waals surface area contributed by atoms with Crippen molar-refractivity contribution in [2.24, 2.45) is 5.92 Å². The van der Waals surface area contributed by atoms with Gasteiger partial charge in [-0.3, -0.25) is 4.79 Å². The van der Waals surface area contributed by atoms with Crippen molar-refractivity contribution >= 4 is 5.91 Å². The van der Waals surface area contributed by atoms with Crippen LogP contribution in [-0.2, 0) is 0 Å². The Bertz CT molecular complexity index is 634. The van der Waals surface area contributed by atoms with Crippen molar-refractivity contribution < 1.29 is 13.7 Å². The molecule has 2 aromatic rings. The van der Waals surface area contributed by atoms with Gasteiger partial charge in [0.05, 0.1) is 5.56 Å². The lowest BCUT2D eigenvalue weighted by Crippen LogP contribution is -2.28. The molecule has 20 heavy (non-hydrogen) atoms. The van der Waals surface area contributed by atoms with Crippen LogP contribution in [0.1, 0.15) is 23.3 Å². The standard InChI is InChI=1S/C15H15FN2O2/c1-18(9-10-6-7-10)15(19)13-8-14(20-17-13)11-4-2-3-5-12(11)16/h2-5,8,10H,6-7,9H2,1H3. The van der Waals surface area contributed by atoms with Crippen LogP contribution < -0.4 is 0 Å². The molecule has 0 bridgehead atoms. The zero-order chi connectivity index (χ0) is 14.1. The smallest absolute Gasteiger partial charge is 0.275 e. The van der Waals surface area contributed by atoms with Crippen LogP contribution in [0.2, 0.25) is 0 Å². The Morgan fingerprint density at radius 2 is 2.20 bits per heavy atom. The predicted octanol–water partition coefficient (Wildman–Crippen LogP) is 2.96. The van der Waals surface area contributed by atoms with Gasteiger partial charge < -0.3 is 9.42 Å². The molecule has 1 heterocycles. The second-order valence-electron chi connectivity index (χ2n) is 5.19. The molecule has 0 radical (unpaired) electrons. The Hall–Kier alpha value is -2.17. The fraction of sp³-hybridized carbons (Fsp3) is 0.333. The van der Waals surface area contributed by atoms with Crippen molar-refractivity contribution in [1.82, 2.24) is 10.1 Å². The van der Waals surface area contributed by atoms with Crippen molar-refractivity contribution in [2.45, 2.75) is 12.8 Å². The van der Waals surface area contributed by atoms with E-state index in [4.69, 9.17) is 4.52 Å². The van der Waals surface area contributed by atoms with Gasteiger partial charge in [0, 0.05) is 19.7 Å². The van der Waals surface area contributed by atoms with E-state index in [2.05, 4.69) is 5.16 Å². The first-order chi connectivity index (χ1) is 9.65. The molecule has 1 aromatic carbocycles. The van der Waals surface area contributed by atoms with Crippen molar-refractivity contribution in [3.8, 4) is 11.3 Å². The average molecular weight is 274 g/mol. The van der Waals surface area contributed by atoms with Gasteiger partial charge in [-0.25, -0.2) is 4.39 Å². The van der Waals surface area contributed by atoms with E-state index < -0.39 is 5.82 Å². The fourth-order valence-electron chi connectivity index (χ4n) is 2.13. The van der Waals surface area contributed by atoms with Crippen molar-refractivity contribution in [3.05, 3.63) is 41.8 Å². The number of rotatable bonds is 4. The number of hydrogen-bond donors (Lipinski definition) is 0. The number of halogens is 1. The van der Waals surface area contributed by atoms with E-state index in [1.165, 1.54) is 25.0 Å². The minimum Gasteiger partial charge on any atom is -0.355 e. The Morgan fingerprint density at radius 3 is 2.90 bits per heavy atom. The third kappa shape index (κ3) is 2.57. The molecule has 1 aliphatic carbocycles. The third-order valence-corrected chi connectivity index (χ3v) is 3.44. The maximum atomic E-state index is 13.6. The SMILES string of the molecule is CN(CC1CC1)C(=O)c1cc(-c2ccccc2F)on1. The molecule has 0 spiro atoms. The number of aromatic nitrogens is 1. The van der Waals surface area contributed by atoms with Gasteiger partial charge in [0.1, 0.15) is 5.82 Å². The minimum absolute atomic E-state index is 0.191. The van der Waals surface area contributed by atoms with Gasteiger partial charge in [0.2, 0.25) is 0 Å². The summed E-state index contributed by atoms with van der Waals surface area (Å²) in [5, 5.41) is 3.75. The number of hydrogen-bond acceptors (Lipinski definition) is 3. The summed E-state index contributed by atoms with van der Waals surface area (Å²) in [7, 11) is 1.75. The molecule has 104 valence electrons. The number of benzene rings is 1. The maximum absolute atomic E-state index is 13.6. The normalized spacial score (nSPS) is 14.3. The van der Waals surface area contributed by atoms with E-state index in [0.29, 0.717) is 11.5 Å². The van der Waals surface area contributed by atoms with Crippen LogP contribution in [0.3, 0.4) is 0 Å². The third-order valence-electron chi connectivity index (χ3n) is 3.44. The lowest BCUT2D eigenvalue weighted by atomic mass is 10.1. The molecule has 0 atom stereocenters. The van der Waals surface area contributed by atoms with E-state index in [9.17, 15) is 9.18 Å². The van der Waals surface area contributed by atoms with Crippen LogP contribution in [-0.4, -0.2) is 29.6 Å². The zero-order valence-corrected chi connectivity index (χ0v) is 11.2. The number of nitrogens with zero attached hydrogens (tertiary/aromatic N) is 2. The fourth-order valence-corrected chi connectivity index (χ4v) is 2.13. The van der Waals surface area contributed by atoms with Gasteiger partial charge in [-0.2, -0.15) is 0 Å².